The van der Waals surface area contributed by atoms with E-state index in [2.05, 4.69) is 17.0 Å². The van der Waals surface area contributed by atoms with Crippen LogP contribution < -0.4 is 4.74 Å². The minimum Gasteiger partial charge on any atom is -0.478 e. The van der Waals surface area contributed by atoms with Crippen molar-refractivity contribution >= 4 is 0 Å². The molecule has 0 aliphatic carbocycles. The van der Waals surface area contributed by atoms with E-state index < -0.39 is 0 Å². The first-order valence-electron chi connectivity index (χ1n) is 5.94. The predicted molar refractivity (Wildman–Crippen MR) is 63.3 cm³/mol. The second-order valence-electron chi connectivity index (χ2n) is 4.22. The second kappa shape index (κ2) is 5.87. The van der Waals surface area contributed by atoms with Crippen molar-refractivity contribution in [2.75, 3.05) is 19.9 Å². The lowest BCUT2D eigenvalue weighted by Crippen LogP contribution is -2.32. The Balaban J connectivity index is 1.79. The zero-order chi connectivity index (χ0) is 11.2. The van der Waals surface area contributed by atoms with Crippen molar-refractivity contribution in [3.63, 3.8) is 0 Å². The fourth-order valence-electron chi connectivity index (χ4n) is 1.99. The van der Waals surface area contributed by atoms with Gasteiger partial charge in [0, 0.05) is 25.3 Å². The van der Waals surface area contributed by atoms with Crippen molar-refractivity contribution in [3.05, 3.63) is 29.8 Å². The lowest BCUT2D eigenvalue weighted by atomic mass is 10.1. The van der Waals surface area contributed by atoms with Crippen molar-refractivity contribution in [1.82, 2.24) is 4.90 Å². The SMILES string of the molecule is OCCCCCN1COc2ccccc2C1. The van der Waals surface area contributed by atoms with Gasteiger partial charge in [-0.2, -0.15) is 0 Å². The Morgan fingerprint density at radius 1 is 1.19 bits per heavy atom. The van der Waals surface area contributed by atoms with Gasteiger partial charge < -0.3 is 9.84 Å². The molecule has 3 heteroatoms. The molecular formula is C13H19NO2. The summed E-state index contributed by atoms with van der Waals surface area (Å²) >= 11 is 0. The minimum atomic E-state index is 0.305. The highest BCUT2D eigenvalue weighted by molar-refractivity contribution is 5.34. The van der Waals surface area contributed by atoms with Gasteiger partial charge in [-0.3, -0.25) is 4.90 Å². The normalized spacial score (nSPS) is 15.6. The largest absolute Gasteiger partial charge is 0.478 e. The van der Waals surface area contributed by atoms with E-state index >= 15 is 0 Å². The van der Waals surface area contributed by atoms with Crippen molar-refractivity contribution in [2.45, 2.75) is 25.8 Å². The van der Waals surface area contributed by atoms with Crippen LogP contribution in [0.25, 0.3) is 0 Å². The maximum absolute atomic E-state index is 8.70. The van der Waals surface area contributed by atoms with Gasteiger partial charge in [-0.25, -0.2) is 0 Å². The van der Waals surface area contributed by atoms with Gasteiger partial charge in [0.05, 0.1) is 0 Å². The zero-order valence-corrected chi connectivity index (χ0v) is 9.56. The molecule has 0 fully saturated rings. The molecule has 16 heavy (non-hydrogen) atoms. The molecule has 1 N–H and O–H groups in total. The van der Waals surface area contributed by atoms with Crippen LogP contribution in [0.4, 0.5) is 0 Å². The van der Waals surface area contributed by atoms with Gasteiger partial charge in [0.1, 0.15) is 12.5 Å². The summed E-state index contributed by atoms with van der Waals surface area (Å²) in [4.78, 5) is 2.31. The summed E-state index contributed by atoms with van der Waals surface area (Å²) in [6.45, 7) is 3.03. The van der Waals surface area contributed by atoms with E-state index in [9.17, 15) is 0 Å². The molecule has 88 valence electrons. The summed E-state index contributed by atoms with van der Waals surface area (Å²) in [5.74, 6) is 1.02. The molecule has 0 unspecified atom stereocenters. The van der Waals surface area contributed by atoms with Crippen LogP contribution in [-0.4, -0.2) is 29.9 Å². The van der Waals surface area contributed by atoms with Crippen LogP contribution in [0.3, 0.4) is 0 Å². The molecule has 0 atom stereocenters. The first kappa shape index (κ1) is 11.4. The summed E-state index contributed by atoms with van der Waals surface area (Å²) in [6, 6.07) is 8.21. The number of aliphatic hydroxyl groups excluding tert-OH is 1. The number of hydrogen-bond acceptors (Lipinski definition) is 3. The molecule has 0 amide bonds. The van der Waals surface area contributed by atoms with Gasteiger partial charge in [-0.15, -0.1) is 0 Å². The van der Waals surface area contributed by atoms with Crippen LogP contribution in [0.5, 0.6) is 5.75 Å². The van der Waals surface area contributed by atoms with Gasteiger partial charge >= 0.3 is 0 Å². The Labute approximate surface area is 96.6 Å². The van der Waals surface area contributed by atoms with E-state index in [-0.39, 0.29) is 0 Å². The molecule has 1 heterocycles. The standard InChI is InChI=1S/C13H19NO2/c15-9-5-1-4-8-14-10-12-6-2-3-7-13(12)16-11-14/h2-3,6-7,15H,1,4-5,8-11H2. The number of para-hydroxylation sites is 1. The number of hydrogen-bond donors (Lipinski definition) is 1. The van der Waals surface area contributed by atoms with Crippen LogP contribution in [0, 0.1) is 0 Å². The first-order valence-corrected chi connectivity index (χ1v) is 5.94. The summed E-state index contributed by atoms with van der Waals surface area (Å²) < 4.78 is 5.67. The Morgan fingerprint density at radius 2 is 2.06 bits per heavy atom. The molecule has 0 saturated heterocycles. The van der Waals surface area contributed by atoms with Gasteiger partial charge in [0.15, 0.2) is 0 Å². The van der Waals surface area contributed by atoms with Crippen molar-refractivity contribution in [1.29, 1.82) is 0 Å². The van der Waals surface area contributed by atoms with Crippen molar-refractivity contribution in [2.24, 2.45) is 0 Å². The topological polar surface area (TPSA) is 32.7 Å². The summed E-state index contributed by atoms with van der Waals surface area (Å²) in [5, 5.41) is 8.70. The smallest absolute Gasteiger partial charge is 0.142 e. The number of unbranched alkanes of at least 4 members (excludes halogenated alkanes) is 2. The number of nitrogens with zero attached hydrogens (tertiary/aromatic N) is 1. The second-order valence-corrected chi connectivity index (χ2v) is 4.22. The highest BCUT2D eigenvalue weighted by Gasteiger charge is 2.15. The molecule has 1 aromatic rings. The molecule has 3 nitrogen and oxygen atoms in total. The molecule has 1 aromatic carbocycles. The molecular weight excluding hydrogens is 202 g/mol. The summed E-state index contributed by atoms with van der Waals surface area (Å²) in [7, 11) is 0. The van der Waals surface area contributed by atoms with Crippen molar-refractivity contribution < 1.29 is 9.84 Å². The Morgan fingerprint density at radius 3 is 2.94 bits per heavy atom. The Hall–Kier alpha value is -1.06. The van der Waals surface area contributed by atoms with E-state index in [4.69, 9.17) is 9.84 Å². The molecule has 2 rings (SSSR count). The average Bonchev–Trinajstić information content (AvgIpc) is 2.34. The van der Waals surface area contributed by atoms with E-state index in [0.29, 0.717) is 13.3 Å². The van der Waals surface area contributed by atoms with E-state index in [1.165, 1.54) is 5.56 Å². The fourth-order valence-corrected chi connectivity index (χ4v) is 1.99. The van der Waals surface area contributed by atoms with E-state index in [1.807, 2.05) is 12.1 Å². The summed E-state index contributed by atoms with van der Waals surface area (Å²) in [6.07, 6.45) is 3.13. The Bertz CT molecular complexity index is 327. The molecule has 0 radical (unpaired) electrons. The maximum Gasteiger partial charge on any atom is 0.142 e. The highest BCUT2D eigenvalue weighted by atomic mass is 16.5. The minimum absolute atomic E-state index is 0.305. The molecule has 0 aromatic heterocycles. The van der Waals surface area contributed by atoms with Crippen LogP contribution in [-0.2, 0) is 6.54 Å². The number of aliphatic hydroxyl groups is 1. The fraction of sp³-hybridized carbons (Fsp3) is 0.538. The summed E-state index contributed by atoms with van der Waals surface area (Å²) in [5.41, 5.74) is 1.27. The molecule has 1 aliphatic heterocycles. The van der Waals surface area contributed by atoms with Crippen molar-refractivity contribution in [3.8, 4) is 5.75 Å². The average molecular weight is 221 g/mol. The first-order chi connectivity index (χ1) is 7.90. The highest BCUT2D eigenvalue weighted by Crippen LogP contribution is 2.24. The number of ether oxygens (including phenoxy) is 1. The lowest BCUT2D eigenvalue weighted by Gasteiger charge is -2.28. The molecule has 0 saturated carbocycles. The van der Waals surface area contributed by atoms with Crippen LogP contribution >= 0.6 is 0 Å². The monoisotopic (exact) mass is 221 g/mol. The molecule has 0 spiro atoms. The third-order valence-electron chi connectivity index (χ3n) is 2.90. The van der Waals surface area contributed by atoms with Crippen LogP contribution in [0.2, 0.25) is 0 Å². The van der Waals surface area contributed by atoms with Gasteiger partial charge in [0.2, 0.25) is 0 Å². The molecule has 1 aliphatic rings. The number of benzene rings is 1. The molecule has 0 bridgehead atoms. The van der Waals surface area contributed by atoms with Crippen LogP contribution in [0.1, 0.15) is 24.8 Å². The predicted octanol–water partition coefficient (Wildman–Crippen LogP) is 2.00. The maximum atomic E-state index is 8.70. The van der Waals surface area contributed by atoms with E-state index in [0.717, 1.165) is 38.1 Å². The van der Waals surface area contributed by atoms with E-state index in [1.54, 1.807) is 0 Å². The lowest BCUT2D eigenvalue weighted by molar-refractivity contribution is 0.0931. The van der Waals surface area contributed by atoms with Gasteiger partial charge in [-0.1, -0.05) is 18.2 Å². The van der Waals surface area contributed by atoms with Gasteiger partial charge in [-0.05, 0) is 25.3 Å². The quantitative estimate of drug-likeness (QED) is 0.772. The Kier molecular flexibility index (Phi) is 4.19. The van der Waals surface area contributed by atoms with Gasteiger partial charge in [0.25, 0.3) is 0 Å². The third kappa shape index (κ3) is 2.97. The number of rotatable bonds is 5. The third-order valence-corrected chi connectivity index (χ3v) is 2.90. The zero-order valence-electron chi connectivity index (χ0n) is 9.56. The number of fused-ring (bicyclic) bond motifs is 1. The van der Waals surface area contributed by atoms with Crippen LogP contribution in [0.15, 0.2) is 24.3 Å².